The maximum Gasteiger partial charge on any atom is 0.243 e. The van der Waals surface area contributed by atoms with E-state index in [1.807, 2.05) is 0 Å². The Morgan fingerprint density at radius 1 is 1.00 bits per heavy atom. The molecule has 0 unspecified atom stereocenters. The number of aromatic nitrogens is 4. The van der Waals surface area contributed by atoms with E-state index in [9.17, 15) is 0 Å². The van der Waals surface area contributed by atoms with Gasteiger partial charge in [-0.05, 0) is 19.8 Å². The summed E-state index contributed by atoms with van der Waals surface area (Å²) in [5.41, 5.74) is 0. The molecule has 2 aromatic rings. The van der Waals surface area contributed by atoms with Crippen LogP contribution in [-0.2, 0) is 6.54 Å². The maximum absolute atomic E-state index is 5.45. The molecule has 1 saturated heterocycles. The van der Waals surface area contributed by atoms with Crippen molar-refractivity contribution in [3.63, 3.8) is 0 Å². The number of piperazine rings is 1. The number of hydrogen-bond acceptors (Lipinski definition) is 8. The second-order valence-corrected chi connectivity index (χ2v) is 7.46. The van der Waals surface area contributed by atoms with Crippen LogP contribution >= 0.6 is 0 Å². The predicted octanol–water partition coefficient (Wildman–Crippen LogP) is 2.33. The molecular formula is C17H26N6O2. The minimum atomic E-state index is 0.147. The van der Waals surface area contributed by atoms with E-state index in [1.165, 1.54) is 12.8 Å². The third-order valence-corrected chi connectivity index (χ3v) is 5.06. The molecule has 4 rings (SSSR count). The van der Waals surface area contributed by atoms with E-state index in [1.54, 1.807) is 0 Å². The molecule has 25 heavy (non-hydrogen) atoms. The van der Waals surface area contributed by atoms with Crippen molar-refractivity contribution >= 4 is 0 Å². The zero-order valence-electron chi connectivity index (χ0n) is 15.2. The molecule has 2 fully saturated rings. The number of nitrogens with zero attached hydrogens (tertiary/aromatic N) is 6. The van der Waals surface area contributed by atoms with Crippen molar-refractivity contribution < 1.29 is 9.05 Å². The van der Waals surface area contributed by atoms with Crippen molar-refractivity contribution in [2.45, 2.75) is 58.0 Å². The van der Waals surface area contributed by atoms with Gasteiger partial charge in [0, 0.05) is 38.0 Å². The number of hydrogen-bond donors (Lipinski definition) is 0. The fraction of sp³-hybridized carbons (Fsp3) is 0.765. The highest BCUT2D eigenvalue weighted by molar-refractivity contribution is 5.02. The molecule has 8 heteroatoms. The lowest BCUT2D eigenvalue weighted by Gasteiger charge is -2.36. The van der Waals surface area contributed by atoms with Crippen molar-refractivity contribution in [3.8, 4) is 0 Å². The van der Waals surface area contributed by atoms with Gasteiger partial charge in [-0.1, -0.05) is 24.2 Å². The van der Waals surface area contributed by atoms with Crippen LogP contribution in [0.5, 0.6) is 0 Å². The highest BCUT2D eigenvalue weighted by atomic mass is 16.5. The molecule has 0 amide bonds. The van der Waals surface area contributed by atoms with Crippen LogP contribution in [0.25, 0.3) is 0 Å². The molecule has 1 saturated carbocycles. The van der Waals surface area contributed by atoms with Crippen LogP contribution in [0.15, 0.2) is 9.05 Å². The summed E-state index contributed by atoms with van der Waals surface area (Å²) < 4.78 is 10.8. The molecule has 8 nitrogen and oxygen atoms in total. The van der Waals surface area contributed by atoms with Crippen molar-refractivity contribution in [2.24, 2.45) is 0 Å². The van der Waals surface area contributed by atoms with Gasteiger partial charge in [0.15, 0.2) is 11.6 Å². The molecule has 0 radical (unpaired) electrons. The predicted molar refractivity (Wildman–Crippen MR) is 89.9 cm³/mol. The molecule has 136 valence electrons. The Morgan fingerprint density at radius 3 is 2.40 bits per heavy atom. The van der Waals surface area contributed by atoms with Crippen LogP contribution < -0.4 is 0 Å². The first kappa shape index (κ1) is 16.7. The topological polar surface area (TPSA) is 84.3 Å². The molecule has 1 aliphatic carbocycles. The van der Waals surface area contributed by atoms with Gasteiger partial charge in [-0.25, -0.2) is 0 Å². The third kappa shape index (κ3) is 3.74. The van der Waals surface area contributed by atoms with Gasteiger partial charge in [-0.3, -0.25) is 9.80 Å². The first-order chi connectivity index (χ1) is 12.1. The molecule has 3 heterocycles. The summed E-state index contributed by atoms with van der Waals surface area (Å²) in [6.45, 7) is 10.9. The van der Waals surface area contributed by atoms with Crippen LogP contribution in [0.4, 0.5) is 0 Å². The van der Waals surface area contributed by atoms with Gasteiger partial charge < -0.3 is 9.05 Å². The van der Waals surface area contributed by atoms with Gasteiger partial charge in [-0.15, -0.1) is 0 Å². The monoisotopic (exact) mass is 346 g/mol. The molecule has 0 aromatic carbocycles. The van der Waals surface area contributed by atoms with E-state index >= 15 is 0 Å². The summed E-state index contributed by atoms with van der Waals surface area (Å²) in [4.78, 5) is 13.8. The Hall–Kier alpha value is -1.80. The van der Waals surface area contributed by atoms with E-state index < -0.39 is 0 Å². The van der Waals surface area contributed by atoms with Gasteiger partial charge in [0.25, 0.3) is 0 Å². The average molecular weight is 346 g/mol. The van der Waals surface area contributed by atoms with E-state index in [-0.39, 0.29) is 12.0 Å². The standard InChI is InChI=1S/C17H26N6O2/c1-11(2)15-19-16(24-21-15)12(3)23-8-6-22(7-9-23)10-14-18-17(25-20-14)13-4-5-13/h11-13H,4-10H2,1-3H3/t12-/m1/s1. The van der Waals surface area contributed by atoms with Gasteiger partial charge in [0.1, 0.15) is 0 Å². The Balaban J connectivity index is 1.29. The highest BCUT2D eigenvalue weighted by Crippen LogP contribution is 2.38. The Labute approximate surface area is 147 Å². The van der Waals surface area contributed by atoms with Crippen LogP contribution in [-0.4, -0.2) is 56.3 Å². The first-order valence-corrected chi connectivity index (χ1v) is 9.22. The zero-order valence-corrected chi connectivity index (χ0v) is 15.2. The molecule has 2 aromatic heterocycles. The molecular weight excluding hydrogens is 320 g/mol. The molecule has 0 spiro atoms. The summed E-state index contributed by atoms with van der Waals surface area (Å²) in [5, 5.41) is 8.19. The summed E-state index contributed by atoms with van der Waals surface area (Å²) in [5.74, 6) is 3.93. The zero-order chi connectivity index (χ0) is 17.4. The minimum absolute atomic E-state index is 0.147. The molecule has 0 bridgehead atoms. The largest absolute Gasteiger partial charge is 0.339 e. The first-order valence-electron chi connectivity index (χ1n) is 9.22. The Kier molecular flexibility index (Phi) is 4.56. The average Bonchev–Trinajstić information content (AvgIpc) is 3.15. The van der Waals surface area contributed by atoms with Gasteiger partial charge in [-0.2, -0.15) is 9.97 Å². The van der Waals surface area contributed by atoms with Crippen LogP contribution in [0, 0.1) is 0 Å². The molecule has 2 aliphatic rings. The molecule has 0 N–H and O–H groups in total. The number of rotatable bonds is 6. The highest BCUT2D eigenvalue weighted by Gasteiger charge is 2.30. The Morgan fingerprint density at radius 2 is 1.76 bits per heavy atom. The van der Waals surface area contributed by atoms with Crippen molar-refractivity contribution in [2.75, 3.05) is 26.2 Å². The quantitative estimate of drug-likeness (QED) is 0.788. The summed E-state index contributed by atoms with van der Waals surface area (Å²) >= 11 is 0. The van der Waals surface area contributed by atoms with Crippen LogP contribution in [0.2, 0.25) is 0 Å². The van der Waals surface area contributed by atoms with E-state index in [0.29, 0.717) is 11.8 Å². The fourth-order valence-corrected chi connectivity index (χ4v) is 3.14. The fourth-order valence-electron chi connectivity index (χ4n) is 3.14. The SMILES string of the molecule is CC(C)c1noc([C@@H](C)N2CCN(Cc3noc(C4CC4)n3)CC2)n1. The van der Waals surface area contributed by atoms with Gasteiger partial charge >= 0.3 is 0 Å². The van der Waals surface area contributed by atoms with E-state index in [2.05, 4.69) is 50.9 Å². The van der Waals surface area contributed by atoms with Gasteiger partial charge in [0.2, 0.25) is 11.8 Å². The maximum atomic E-state index is 5.45. The summed E-state index contributed by atoms with van der Waals surface area (Å²) in [7, 11) is 0. The van der Waals surface area contributed by atoms with Crippen molar-refractivity contribution in [1.29, 1.82) is 0 Å². The molecule has 1 atom stereocenters. The molecule has 1 aliphatic heterocycles. The van der Waals surface area contributed by atoms with E-state index in [4.69, 9.17) is 9.05 Å². The lowest BCUT2D eigenvalue weighted by molar-refractivity contribution is 0.0827. The van der Waals surface area contributed by atoms with Gasteiger partial charge in [0.05, 0.1) is 12.6 Å². The normalized spacial score (nSPS) is 21.1. The second kappa shape index (κ2) is 6.84. The summed E-state index contributed by atoms with van der Waals surface area (Å²) in [6, 6.07) is 0.147. The lowest BCUT2D eigenvalue weighted by Crippen LogP contribution is -2.46. The van der Waals surface area contributed by atoms with Crippen LogP contribution in [0.3, 0.4) is 0 Å². The summed E-state index contributed by atoms with van der Waals surface area (Å²) in [6.07, 6.45) is 2.37. The third-order valence-electron chi connectivity index (χ3n) is 5.06. The smallest absolute Gasteiger partial charge is 0.243 e. The van der Waals surface area contributed by atoms with Crippen molar-refractivity contribution in [1.82, 2.24) is 30.1 Å². The lowest BCUT2D eigenvalue weighted by atomic mass is 10.2. The van der Waals surface area contributed by atoms with E-state index in [0.717, 1.165) is 50.3 Å². The van der Waals surface area contributed by atoms with Crippen LogP contribution in [0.1, 0.15) is 74.9 Å². The second-order valence-electron chi connectivity index (χ2n) is 7.46. The van der Waals surface area contributed by atoms with Crippen molar-refractivity contribution in [3.05, 3.63) is 23.4 Å². The minimum Gasteiger partial charge on any atom is -0.339 e. The Bertz CT molecular complexity index is 700.